The van der Waals surface area contributed by atoms with Gasteiger partial charge in [0.1, 0.15) is 12.1 Å². The van der Waals surface area contributed by atoms with Crippen LogP contribution in [0.4, 0.5) is 5.82 Å². The molecule has 0 bridgehead atoms. The maximum atomic E-state index is 9.94. The number of nitrogens with zero attached hydrogens (tertiary/aromatic N) is 4. The number of anilines is 1. The molecule has 1 fully saturated rings. The molecule has 0 aromatic carbocycles. The summed E-state index contributed by atoms with van der Waals surface area (Å²) in [5, 5.41) is 9.94. The Kier molecular flexibility index (Phi) is 5.68. The molecule has 140 valence electrons. The maximum absolute atomic E-state index is 9.94. The third-order valence-corrected chi connectivity index (χ3v) is 5.00. The molecule has 2 aromatic heterocycles. The Bertz CT molecular complexity index is 747. The maximum Gasteiger partial charge on any atom is 0.227 e. The van der Waals surface area contributed by atoms with E-state index >= 15 is 0 Å². The van der Waals surface area contributed by atoms with Crippen LogP contribution in [0.5, 0.6) is 11.6 Å². The van der Waals surface area contributed by atoms with E-state index in [-0.39, 0.29) is 12.0 Å². The van der Waals surface area contributed by atoms with Crippen LogP contribution >= 0.6 is 0 Å². The minimum Gasteiger partial charge on any atom is -0.437 e. The van der Waals surface area contributed by atoms with Gasteiger partial charge in [-0.1, -0.05) is 0 Å². The van der Waals surface area contributed by atoms with Gasteiger partial charge >= 0.3 is 0 Å². The highest BCUT2D eigenvalue weighted by molar-refractivity contribution is 5.50. The number of pyridine rings is 1. The molecule has 0 radical (unpaired) electrons. The predicted molar refractivity (Wildman–Crippen MR) is 98.7 cm³/mol. The summed E-state index contributed by atoms with van der Waals surface area (Å²) in [4.78, 5) is 15.0. The van der Waals surface area contributed by atoms with Gasteiger partial charge in [0.05, 0.1) is 17.9 Å². The lowest BCUT2D eigenvalue weighted by Crippen LogP contribution is -2.43. The lowest BCUT2D eigenvalue weighted by atomic mass is 9.80. The van der Waals surface area contributed by atoms with E-state index in [1.807, 2.05) is 33.0 Å². The second kappa shape index (κ2) is 7.97. The largest absolute Gasteiger partial charge is 0.437 e. The SMILES string of the molecule is Cc1ncccc1Oc1ncnc(N(C)CC2(CO)CCOCC2)c1C. The third-order valence-electron chi connectivity index (χ3n) is 5.00. The number of hydrogen-bond donors (Lipinski definition) is 1. The van der Waals surface area contributed by atoms with Gasteiger partial charge in [-0.15, -0.1) is 0 Å². The van der Waals surface area contributed by atoms with Crippen molar-refractivity contribution in [1.29, 1.82) is 0 Å². The molecule has 26 heavy (non-hydrogen) atoms. The van der Waals surface area contributed by atoms with E-state index in [9.17, 15) is 5.11 Å². The van der Waals surface area contributed by atoms with E-state index in [1.54, 1.807) is 6.20 Å². The van der Waals surface area contributed by atoms with Crippen LogP contribution < -0.4 is 9.64 Å². The van der Waals surface area contributed by atoms with Gasteiger partial charge in [0.25, 0.3) is 0 Å². The van der Waals surface area contributed by atoms with Gasteiger partial charge < -0.3 is 19.5 Å². The molecule has 0 atom stereocenters. The predicted octanol–water partition coefficient (Wildman–Crippen LogP) is 2.51. The zero-order valence-corrected chi connectivity index (χ0v) is 15.6. The first-order chi connectivity index (χ1) is 12.5. The Morgan fingerprint density at radius 1 is 1.23 bits per heavy atom. The average Bonchev–Trinajstić information content (AvgIpc) is 2.66. The first kappa shape index (κ1) is 18.5. The number of aliphatic hydroxyl groups is 1. The van der Waals surface area contributed by atoms with E-state index in [0.717, 1.165) is 29.9 Å². The van der Waals surface area contributed by atoms with Gasteiger partial charge in [-0.25, -0.2) is 9.97 Å². The Hall–Kier alpha value is -2.25. The fraction of sp³-hybridized carbons (Fsp3) is 0.526. The van der Waals surface area contributed by atoms with Crippen LogP contribution in [-0.4, -0.2) is 53.5 Å². The molecular weight excluding hydrogens is 332 g/mol. The van der Waals surface area contributed by atoms with Crippen molar-refractivity contribution in [2.24, 2.45) is 5.41 Å². The van der Waals surface area contributed by atoms with Crippen molar-refractivity contribution >= 4 is 5.82 Å². The normalized spacial score (nSPS) is 16.3. The van der Waals surface area contributed by atoms with Crippen molar-refractivity contribution < 1.29 is 14.6 Å². The Balaban J connectivity index is 1.81. The fourth-order valence-corrected chi connectivity index (χ4v) is 3.34. The summed E-state index contributed by atoms with van der Waals surface area (Å²) >= 11 is 0. The summed E-state index contributed by atoms with van der Waals surface area (Å²) < 4.78 is 11.4. The Labute approximate surface area is 154 Å². The van der Waals surface area contributed by atoms with Crippen LogP contribution in [-0.2, 0) is 4.74 Å². The van der Waals surface area contributed by atoms with Crippen LogP contribution in [0.25, 0.3) is 0 Å². The van der Waals surface area contributed by atoms with E-state index in [4.69, 9.17) is 9.47 Å². The number of aliphatic hydroxyl groups excluding tert-OH is 1. The molecule has 0 aliphatic carbocycles. The fourth-order valence-electron chi connectivity index (χ4n) is 3.34. The number of aryl methyl sites for hydroxylation is 1. The van der Waals surface area contributed by atoms with Gasteiger partial charge in [0, 0.05) is 38.4 Å². The number of hydrogen-bond acceptors (Lipinski definition) is 7. The van der Waals surface area contributed by atoms with Gasteiger partial charge in [0.2, 0.25) is 5.88 Å². The van der Waals surface area contributed by atoms with E-state index in [0.29, 0.717) is 31.4 Å². The van der Waals surface area contributed by atoms with Crippen molar-refractivity contribution in [2.45, 2.75) is 26.7 Å². The second-order valence-corrected chi connectivity index (χ2v) is 6.94. The highest BCUT2D eigenvalue weighted by atomic mass is 16.5. The topological polar surface area (TPSA) is 80.6 Å². The molecule has 2 aromatic rings. The molecule has 1 N–H and O–H groups in total. The van der Waals surface area contributed by atoms with Crippen LogP contribution in [0.15, 0.2) is 24.7 Å². The lowest BCUT2D eigenvalue weighted by molar-refractivity contribution is -0.0113. The molecule has 3 rings (SSSR count). The van der Waals surface area contributed by atoms with Gasteiger partial charge in [0.15, 0.2) is 5.75 Å². The van der Waals surface area contributed by atoms with Crippen molar-refractivity contribution in [3.05, 3.63) is 35.9 Å². The summed E-state index contributed by atoms with van der Waals surface area (Å²) in [6.45, 7) is 6.06. The van der Waals surface area contributed by atoms with Crippen molar-refractivity contribution in [3.8, 4) is 11.6 Å². The van der Waals surface area contributed by atoms with E-state index in [2.05, 4.69) is 19.9 Å². The van der Waals surface area contributed by atoms with Crippen molar-refractivity contribution in [1.82, 2.24) is 15.0 Å². The van der Waals surface area contributed by atoms with Gasteiger partial charge in [-0.05, 0) is 38.8 Å². The van der Waals surface area contributed by atoms with Crippen LogP contribution in [0, 0.1) is 19.3 Å². The molecule has 0 amide bonds. The van der Waals surface area contributed by atoms with Crippen LogP contribution in [0.2, 0.25) is 0 Å². The molecule has 7 heteroatoms. The van der Waals surface area contributed by atoms with E-state index < -0.39 is 0 Å². The average molecular weight is 358 g/mol. The standard InChI is InChI=1S/C19H26N4O3/c1-14-17(23(3)11-19(12-24)6-9-25-10-7-19)21-13-22-18(14)26-16-5-4-8-20-15(16)2/h4-5,8,13,24H,6-7,9-12H2,1-3H3. The minimum absolute atomic E-state index is 0.142. The first-order valence-corrected chi connectivity index (χ1v) is 8.85. The lowest BCUT2D eigenvalue weighted by Gasteiger charge is -2.39. The summed E-state index contributed by atoms with van der Waals surface area (Å²) in [5.41, 5.74) is 1.51. The highest BCUT2D eigenvalue weighted by Crippen LogP contribution is 2.34. The summed E-state index contributed by atoms with van der Waals surface area (Å²) in [6, 6.07) is 3.71. The zero-order valence-electron chi connectivity index (χ0n) is 15.6. The third kappa shape index (κ3) is 3.94. The molecule has 3 heterocycles. The smallest absolute Gasteiger partial charge is 0.227 e. The molecule has 0 saturated carbocycles. The summed E-state index contributed by atoms with van der Waals surface area (Å²) in [7, 11) is 1.99. The molecule has 1 aliphatic heterocycles. The molecule has 1 saturated heterocycles. The van der Waals surface area contributed by atoms with Crippen molar-refractivity contribution in [2.75, 3.05) is 38.3 Å². The molecular formula is C19H26N4O3. The summed E-state index contributed by atoms with van der Waals surface area (Å²) in [6.07, 6.45) is 4.93. The molecule has 1 aliphatic rings. The van der Waals surface area contributed by atoms with Gasteiger partial charge in [-0.2, -0.15) is 0 Å². The minimum atomic E-state index is -0.161. The zero-order chi connectivity index (χ0) is 18.6. The monoisotopic (exact) mass is 358 g/mol. The van der Waals surface area contributed by atoms with Crippen LogP contribution in [0.3, 0.4) is 0 Å². The van der Waals surface area contributed by atoms with E-state index in [1.165, 1.54) is 6.33 Å². The first-order valence-electron chi connectivity index (χ1n) is 8.85. The quantitative estimate of drug-likeness (QED) is 0.850. The van der Waals surface area contributed by atoms with Crippen LogP contribution in [0.1, 0.15) is 24.1 Å². The molecule has 0 spiro atoms. The molecule has 7 nitrogen and oxygen atoms in total. The van der Waals surface area contributed by atoms with Crippen molar-refractivity contribution in [3.63, 3.8) is 0 Å². The Morgan fingerprint density at radius 2 is 2.00 bits per heavy atom. The van der Waals surface area contributed by atoms with Gasteiger partial charge in [-0.3, -0.25) is 4.98 Å². The molecule has 0 unspecified atom stereocenters. The summed E-state index contributed by atoms with van der Waals surface area (Å²) in [5.74, 6) is 2.00. The number of aromatic nitrogens is 3. The second-order valence-electron chi connectivity index (χ2n) is 6.94. The number of ether oxygens (including phenoxy) is 2. The Morgan fingerprint density at radius 3 is 2.69 bits per heavy atom. The highest BCUT2D eigenvalue weighted by Gasteiger charge is 2.34. The number of rotatable bonds is 6.